The second kappa shape index (κ2) is 6.34. The van der Waals surface area contributed by atoms with E-state index in [4.69, 9.17) is 0 Å². The Bertz CT molecular complexity index is 935. The molecule has 1 amide bonds. The van der Waals surface area contributed by atoms with Crippen molar-refractivity contribution < 1.29 is 9.59 Å². The quantitative estimate of drug-likeness (QED) is 0.722. The summed E-state index contributed by atoms with van der Waals surface area (Å²) in [5.41, 5.74) is 2.12. The van der Waals surface area contributed by atoms with E-state index in [1.165, 1.54) is 13.1 Å². The number of Topliss-reactive ketones (excluding diaryl/α,β-unsaturated/α-hetero) is 1. The number of ketones is 1. The zero-order chi connectivity index (χ0) is 17.1. The Balaban J connectivity index is 1.98. The number of para-hydroxylation sites is 2. The lowest BCUT2D eigenvalue weighted by Crippen LogP contribution is -2.19. The number of H-pyrrole nitrogens is 1. The van der Waals surface area contributed by atoms with Crippen LogP contribution in [0.3, 0.4) is 0 Å². The monoisotopic (exact) mass is 318 g/mol. The zero-order valence-electron chi connectivity index (χ0n) is 12.9. The largest absolute Gasteiger partial charge is 0.355 e. The van der Waals surface area contributed by atoms with Gasteiger partial charge in [0.25, 0.3) is 5.91 Å². The average Bonchev–Trinajstić information content (AvgIpc) is 3.05. The van der Waals surface area contributed by atoms with Crippen molar-refractivity contribution in [1.29, 1.82) is 5.26 Å². The van der Waals surface area contributed by atoms with Crippen LogP contribution in [0.1, 0.15) is 32.5 Å². The number of nitrogens with one attached hydrogen (secondary N) is 2. The van der Waals surface area contributed by atoms with Crippen molar-refractivity contribution in [2.24, 2.45) is 0 Å². The number of aromatic amines is 1. The molecule has 3 rings (SSSR count). The summed E-state index contributed by atoms with van der Waals surface area (Å²) in [5, 5.41) is 12.0. The molecule has 1 aromatic heterocycles. The normalized spacial score (nSPS) is 11.7. The number of fused-ring (bicyclic) bond motifs is 1. The van der Waals surface area contributed by atoms with Crippen molar-refractivity contribution in [1.82, 2.24) is 15.3 Å². The molecule has 118 valence electrons. The summed E-state index contributed by atoms with van der Waals surface area (Å²) in [6.45, 7) is 0. The Morgan fingerprint density at radius 3 is 2.62 bits per heavy atom. The van der Waals surface area contributed by atoms with Gasteiger partial charge in [-0.05, 0) is 24.3 Å². The number of imidazole rings is 1. The number of nitriles is 1. The highest BCUT2D eigenvalue weighted by Gasteiger charge is 2.25. The molecule has 1 heterocycles. The molecule has 0 fully saturated rings. The van der Waals surface area contributed by atoms with E-state index in [0.29, 0.717) is 22.5 Å². The molecule has 24 heavy (non-hydrogen) atoms. The highest BCUT2D eigenvalue weighted by atomic mass is 16.1. The van der Waals surface area contributed by atoms with Crippen molar-refractivity contribution in [3.05, 3.63) is 65.5 Å². The van der Waals surface area contributed by atoms with Crippen molar-refractivity contribution in [3.8, 4) is 6.07 Å². The maximum Gasteiger partial charge on any atom is 0.251 e. The Hall–Kier alpha value is -3.46. The first-order valence-electron chi connectivity index (χ1n) is 7.34. The third-order valence-electron chi connectivity index (χ3n) is 3.71. The lowest BCUT2D eigenvalue weighted by molar-refractivity contribution is 0.0963. The fourth-order valence-corrected chi connectivity index (χ4v) is 2.48. The van der Waals surface area contributed by atoms with Crippen LogP contribution in [0.15, 0.2) is 48.5 Å². The van der Waals surface area contributed by atoms with Gasteiger partial charge < -0.3 is 10.3 Å². The summed E-state index contributed by atoms with van der Waals surface area (Å²) in [6, 6.07) is 15.6. The van der Waals surface area contributed by atoms with E-state index >= 15 is 0 Å². The molecule has 0 radical (unpaired) electrons. The number of aromatic nitrogens is 2. The second-order valence-corrected chi connectivity index (χ2v) is 5.23. The first-order chi connectivity index (χ1) is 11.6. The fraction of sp³-hybridized carbons (Fsp3) is 0.111. The Morgan fingerprint density at radius 2 is 1.92 bits per heavy atom. The van der Waals surface area contributed by atoms with Crippen LogP contribution in [0, 0.1) is 11.3 Å². The SMILES string of the molecule is CNC(=O)c1cccc(C(=O)[C@H](C#N)c2nc3ccccc3[nH]2)c1. The highest BCUT2D eigenvalue weighted by Crippen LogP contribution is 2.21. The summed E-state index contributed by atoms with van der Waals surface area (Å²) in [6.07, 6.45) is 0. The molecule has 0 aliphatic carbocycles. The lowest BCUT2D eigenvalue weighted by Gasteiger charge is -2.07. The first-order valence-corrected chi connectivity index (χ1v) is 7.34. The van der Waals surface area contributed by atoms with Crippen molar-refractivity contribution in [2.75, 3.05) is 7.05 Å². The molecule has 2 N–H and O–H groups in total. The molecule has 0 saturated carbocycles. The van der Waals surface area contributed by atoms with Gasteiger partial charge in [0.1, 0.15) is 5.82 Å². The van der Waals surface area contributed by atoms with Crippen LogP contribution in [0.4, 0.5) is 0 Å². The topological polar surface area (TPSA) is 98.6 Å². The molecular weight excluding hydrogens is 304 g/mol. The lowest BCUT2D eigenvalue weighted by atomic mass is 9.96. The maximum atomic E-state index is 12.7. The summed E-state index contributed by atoms with van der Waals surface area (Å²) in [4.78, 5) is 31.7. The van der Waals surface area contributed by atoms with Gasteiger partial charge in [0, 0.05) is 18.2 Å². The van der Waals surface area contributed by atoms with Crippen LogP contribution >= 0.6 is 0 Å². The van der Waals surface area contributed by atoms with Gasteiger partial charge in [-0.2, -0.15) is 5.26 Å². The number of carbonyl (C=O) groups excluding carboxylic acids is 2. The van der Waals surface area contributed by atoms with Crippen LogP contribution in [0.2, 0.25) is 0 Å². The van der Waals surface area contributed by atoms with Gasteiger partial charge in [-0.1, -0.05) is 24.3 Å². The zero-order valence-corrected chi connectivity index (χ0v) is 12.9. The van der Waals surface area contributed by atoms with Crippen LogP contribution < -0.4 is 5.32 Å². The van der Waals surface area contributed by atoms with Crippen LogP contribution in [-0.2, 0) is 0 Å². The van der Waals surface area contributed by atoms with Gasteiger partial charge in [0.15, 0.2) is 11.7 Å². The molecular formula is C18H14N4O2. The van der Waals surface area contributed by atoms with Crippen molar-refractivity contribution in [3.63, 3.8) is 0 Å². The minimum atomic E-state index is -1.06. The smallest absolute Gasteiger partial charge is 0.251 e. The molecule has 0 aliphatic rings. The Kier molecular flexibility index (Phi) is 4.08. The molecule has 1 atom stereocenters. The molecule has 0 aliphatic heterocycles. The second-order valence-electron chi connectivity index (χ2n) is 5.23. The molecule has 3 aromatic rings. The fourth-order valence-electron chi connectivity index (χ4n) is 2.48. The summed E-state index contributed by atoms with van der Waals surface area (Å²) >= 11 is 0. The van der Waals surface area contributed by atoms with Gasteiger partial charge in [-0.15, -0.1) is 0 Å². The highest BCUT2D eigenvalue weighted by molar-refractivity contribution is 6.04. The third-order valence-corrected chi connectivity index (χ3v) is 3.71. The molecule has 6 nitrogen and oxygen atoms in total. The number of nitrogens with zero attached hydrogens (tertiary/aromatic N) is 2. The maximum absolute atomic E-state index is 12.7. The molecule has 0 saturated heterocycles. The minimum absolute atomic E-state index is 0.290. The number of carbonyl (C=O) groups is 2. The Labute approximate surface area is 138 Å². The van der Waals surface area contributed by atoms with E-state index in [9.17, 15) is 14.9 Å². The summed E-state index contributed by atoms with van der Waals surface area (Å²) in [5.74, 6) is -1.45. The number of hydrogen-bond acceptors (Lipinski definition) is 4. The standard InChI is InChI=1S/C18H14N4O2/c1-20-18(24)12-6-4-5-11(9-12)16(23)13(10-19)17-21-14-7-2-3-8-15(14)22-17/h2-9,13H,1H3,(H,20,24)(H,21,22)/t13-/m0/s1. The van der Waals surface area contributed by atoms with E-state index in [2.05, 4.69) is 15.3 Å². The van der Waals surface area contributed by atoms with Gasteiger partial charge in [0.05, 0.1) is 17.1 Å². The van der Waals surface area contributed by atoms with E-state index in [1.807, 2.05) is 24.3 Å². The van der Waals surface area contributed by atoms with E-state index in [1.54, 1.807) is 24.3 Å². The predicted octanol–water partition coefficient (Wildman–Crippen LogP) is 2.41. The van der Waals surface area contributed by atoms with Crippen LogP contribution in [0.5, 0.6) is 0 Å². The van der Waals surface area contributed by atoms with Gasteiger partial charge in [-0.3, -0.25) is 9.59 Å². The Morgan fingerprint density at radius 1 is 1.17 bits per heavy atom. The van der Waals surface area contributed by atoms with Gasteiger partial charge >= 0.3 is 0 Å². The summed E-state index contributed by atoms with van der Waals surface area (Å²) < 4.78 is 0. The van der Waals surface area contributed by atoms with E-state index < -0.39 is 11.7 Å². The van der Waals surface area contributed by atoms with Crippen LogP contribution in [-0.4, -0.2) is 28.7 Å². The average molecular weight is 318 g/mol. The minimum Gasteiger partial charge on any atom is -0.355 e. The summed E-state index contributed by atoms with van der Waals surface area (Å²) in [7, 11) is 1.52. The number of rotatable bonds is 4. The number of hydrogen-bond donors (Lipinski definition) is 2. The number of benzene rings is 2. The number of amides is 1. The first kappa shape index (κ1) is 15.4. The molecule has 2 aromatic carbocycles. The molecule has 0 spiro atoms. The van der Waals surface area contributed by atoms with E-state index in [-0.39, 0.29) is 5.91 Å². The predicted molar refractivity (Wildman–Crippen MR) is 88.6 cm³/mol. The third kappa shape index (κ3) is 2.75. The molecule has 6 heteroatoms. The molecule has 0 unspecified atom stereocenters. The molecule has 0 bridgehead atoms. The van der Waals surface area contributed by atoms with Gasteiger partial charge in [0.2, 0.25) is 0 Å². The van der Waals surface area contributed by atoms with Crippen molar-refractivity contribution in [2.45, 2.75) is 5.92 Å². The van der Waals surface area contributed by atoms with Gasteiger partial charge in [-0.25, -0.2) is 4.98 Å². The van der Waals surface area contributed by atoms with Crippen molar-refractivity contribution >= 4 is 22.7 Å². The van der Waals surface area contributed by atoms with Crippen LogP contribution in [0.25, 0.3) is 11.0 Å². The van der Waals surface area contributed by atoms with E-state index in [0.717, 1.165) is 5.52 Å².